The molecule has 0 unspecified atom stereocenters. The summed E-state index contributed by atoms with van der Waals surface area (Å²) >= 11 is 2.89. The minimum absolute atomic E-state index is 0.0672. The number of nitrogens with zero attached hydrogens (tertiary/aromatic N) is 2. The van der Waals surface area contributed by atoms with Crippen LogP contribution in [0.25, 0.3) is 0 Å². The molecule has 9 heteroatoms. The van der Waals surface area contributed by atoms with Crippen molar-refractivity contribution in [1.82, 2.24) is 4.98 Å². The van der Waals surface area contributed by atoms with Crippen LogP contribution in [0.4, 0.5) is 18.9 Å². The van der Waals surface area contributed by atoms with Crippen LogP contribution in [-0.2, 0) is 5.33 Å². The Bertz CT molecular complexity index is 450. The molecule has 0 N–H and O–H groups in total. The number of ether oxygens (including phenoxy) is 1. The lowest BCUT2D eigenvalue weighted by molar-refractivity contribution is -0.386. The Morgan fingerprint density at radius 3 is 2.59 bits per heavy atom. The molecule has 1 rings (SSSR count). The Labute approximate surface area is 102 Å². The Morgan fingerprint density at radius 1 is 1.59 bits per heavy atom. The van der Waals surface area contributed by atoms with E-state index in [0.29, 0.717) is 0 Å². The second-order valence-electron chi connectivity index (χ2n) is 2.98. The van der Waals surface area contributed by atoms with E-state index in [-0.39, 0.29) is 16.6 Å². The molecule has 0 aliphatic carbocycles. The third-order valence-electron chi connectivity index (χ3n) is 1.84. The van der Waals surface area contributed by atoms with Gasteiger partial charge < -0.3 is 4.74 Å². The molecule has 0 amide bonds. The van der Waals surface area contributed by atoms with Crippen molar-refractivity contribution in [1.29, 1.82) is 0 Å². The molecular weight excluding hydrogens is 309 g/mol. The lowest BCUT2D eigenvalue weighted by atomic mass is 10.2. The van der Waals surface area contributed by atoms with Gasteiger partial charge in [-0.1, -0.05) is 15.9 Å². The third kappa shape index (κ3) is 3.29. The molecule has 0 radical (unpaired) electrons. The van der Waals surface area contributed by atoms with Crippen molar-refractivity contribution in [3.05, 3.63) is 27.6 Å². The topological polar surface area (TPSA) is 65.3 Å². The highest BCUT2D eigenvalue weighted by molar-refractivity contribution is 9.08. The number of alkyl halides is 4. The minimum atomic E-state index is -4.92. The highest BCUT2D eigenvalue weighted by Crippen LogP contribution is 2.35. The van der Waals surface area contributed by atoms with Gasteiger partial charge in [-0.15, -0.1) is 13.2 Å². The summed E-state index contributed by atoms with van der Waals surface area (Å²) in [5.41, 5.74) is -0.783. The van der Waals surface area contributed by atoms with Crippen LogP contribution in [0.1, 0.15) is 11.3 Å². The van der Waals surface area contributed by atoms with Crippen molar-refractivity contribution >= 4 is 21.6 Å². The maximum Gasteiger partial charge on any atom is 0.573 e. The number of pyridine rings is 1. The molecule has 0 aliphatic rings. The number of aryl methyl sites for hydroxylation is 1. The second kappa shape index (κ2) is 4.86. The fraction of sp³-hybridized carbons (Fsp3) is 0.375. The van der Waals surface area contributed by atoms with Crippen molar-refractivity contribution in [2.24, 2.45) is 0 Å². The number of hydrogen-bond acceptors (Lipinski definition) is 4. The molecule has 1 heterocycles. The van der Waals surface area contributed by atoms with E-state index in [4.69, 9.17) is 0 Å². The first kappa shape index (κ1) is 13.7. The minimum Gasteiger partial charge on any atom is -0.403 e. The van der Waals surface area contributed by atoms with Gasteiger partial charge in [-0.3, -0.25) is 15.1 Å². The number of rotatable bonds is 3. The smallest absolute Gasteiger partial charge is 0.403 e. The molecule has 0 saturated carbocycles. The monoisotopic (exact) mass is 314 g/mol. The fourth-order valence-electron chi connectivity index (χ4n) is 1.17. The Morgan fingerprint density at radius 2 is 2.18 bits per heavy atom. The number of nitro groups is 1. The van der Waals surface area contributed by atoms with Crippen LogP contribution < -0.4 is 4.74 Å². The SMILES string of the molecule is Cc1ncc([N+](=O)[O-])c(CBr)c1OC(F)(F)F. The summed E-state index contributed by atoms with van der Waals surface area (Å²) in [6, 6.07) is 0. The zero-order valence-electron chi connectivity index (χ0n) is 8.42. The molecule has 5 nitrogen and oxygen atoms in total. The van der Waals surface area contributed by atoms with Crippen molar-refractivity contribution in [3.8, 4) is 5.75 Å². The zero-order chi connectivity index (χ0) is 13.2. The number of aromatic nitrogens is 1. The first-order chi connectivity index (χ1) is 7.76. The summed E-state index contributed by atoms with van der Waals surface area (Å²) in [6.07, 6.45) is -4.02. The molecule has 0 atom stereocenters. The van der Waals surface area contributed by atoms with E-state index >= 15 is 0 Å². The van der Waals surface area contributed by atoms with Gasteiger partial charge in [0.2, 0.25) is 0 Å². The first-order valence-corrected chi connectivity index (χ1v) is 5.33. The van der Waals surface area contributed by atoms with Crippen LogP contribution in [0.15, 0.2) is 6.20 Å². The third-order valence-corrected chi connectivity index (χ3v) is 2.40. The van der Waals surface area contributed by atoms with Gasteiger partial charge in [0.1, 0.15) is 6.20 Å². The van der Waals surface area contributed by atoms with Crippen LogP contribution in [-0.4, -0.2) is 16.3 Å². The van der Waals surface area contributed by atoms with Crippen LogP contribution >= 0.6 is 15.9 Å². The highest BCUT2D eigenvalue weighted by atomic mass is 79.9. The summed E-state index contributed by atoms with van der Waals surface area (Å²) in [4.78, 5) is 13.3. The molecular formula is C8H6BrF3N2O3. The molecule has 0 saturated heterocycles. The van der Waals surface area contributed by atoms with Gasteiger partial charge in [0, 0.05) is 5.33 Å². The van der Waals surface area contributed by atoms with E-state index < -0.39 is 22.7 Å². The largest absolute Gasteiger partial charge is 0.573 e. The van der Waals surface area contributed by atoms with Gasteiger partial charge in [-0.2, -0.15) is 0 Å². The summed E-state index contributed by atoms with van der Waals surface area (Å²) in [6.45, 7) is 1.27. The van der Waals surface area contributed by atoms with Crippen LogP contribution in [0.2, 0.25) is 0 Å². The predicted octanol–water partition coefficient (Wildman–Crippen LogP) is 3.09. The van der Waals surface area contributed by atoms with E-state index in [9.17, 15) is 23.3 Å². The van der Waals surface area contributed by atoms with Crippen molar-refractivity contribution in [3.63, 3.8) is 0 Å². The molecule has 0 aliphatic heterocycles. The number of halogens is 4. The molecule has 94 valence electrons. The molecule has 17 heavy (non-hydrogen) atoms. The van der Waals surface area contributed by atoms with E-state index in [0.717, 1.165) is 6.20 Å². The quantitative estimate of drug-likeness (QED) is 0.488. The van der Waals surface area contributed by atoms with Crippen LogP contribution in [0.3, 0.4) is 0 Å². The van der Waals surface area contributed by atoms with E-state index in [1.54, 1.807) is 0 Å². The average Bonchev–Trinajstić information content (AvgIpc) is 2.18. The van der Waals surface area contributed by atoms with Gasteiger partial charge in [0.05, 0.1) is 16.2 Å². The van der Waals surface area contributed by atoms with Crippen molar-refractivity contribution in [2.45, 2.75) is 18.6 Å². The Hall–Kier alpha value is -1.38. The summed E-state index contributed by atoms with van der Waals surface area (Å²) < 4.78 is 40.2. The number of hydrogen-bond donors (Lipinski definition) is 0. The van der Waals surface area contributed by atoms with Gasteiger partial charge in [0.15, 0.2) is 5.75 Å². The lowest BCUT2D eigenvalue weighted by Gasteiger charge is -2.13. The summed E-state index contributed by atoms with van der Waals surface area (Å²) in [5, 5.41) is 10.5. The van der Waals surface area contributed by atoms with Gasteiger partial charge in [0.25, 0.3) is 5.69 Å². The van der Waals surface area contributed by atoms with Gasteiger partial charge in [-0.25, -0.2) is 0 Å². The Kier molecular flexibility index (Phi) is 3.91. The fourth-order valence-corrected chi connectivity index (χ4v) is 1.71. The molecule has 0 aromatic carbocycles. The summed E-state index contributed by atoms with van der Waals surface area (Å²) in [5.74, 6) is -0.636. The van der Waals surface area contributed by atoms with Crippen LogP contribution in [0.5, 0.6) is 5.75 Å². The molecule has 1 aromatic heterocycles. The molecule has 1 aromatic rings. The predicted molar refractivity (Wildman–Crippen MR) is 54.9 cm³/mol. The molecule has 0 bridgehead atoms. The lowest BCUT2D eigenvalue weighted by Crippen LogP contribution is -2.19. The van der Waals surface area contributed by atoms with Gasteiger partial charge >= 0.3 is 6.36 Å². The van der Waals surface area contributed by atoms with Gasteiger partial charge in [-0.05, 0) is 6.92 Å². The first-order valence-electron chi connectivity index (χ1n) is 4.21. The Balaban J connectivity index is 3.35. The normalized spacial score (nSPS) is 11.4. The average molecular weight is 315 g/mol. The maximum absolute atomic E-state index is 12.1. The van der Waals surface area contributed by atoms with E-state index in [2.05, 4.69) is 25.7 Å². The zero-order valence-corrected chi connectivity index (χ0v) is 10.0. The standard InChI is InChI=1S/C8H6BrF3N2O3/c1-4-7(17-8(10,11)12)5(2-9)6(3-13-4)14(15)16/h3H,2H2,1H3. The highest BCUT2D eigenvalue weighted by Gasteiger charge is 2.35. The van der Waals surface area contributed by atoms with Crippen molar-refractivity contribution < 1.29 is 22.8 Å². The van der Waals surface area contributed by atoms with E-state index in [1.165, 1.54) is 6.92 Å². The maximum atomic E-state index is 12.1. The molecule has 0 fully saturated rings. The second-order valence-corrected chi connectivity index (χ2v) is 3.54. The summed E-state index contributed by atoms with van der Waals surface area (Å²) in [7, 11) is 0. The van der Waals surface area contributed by atoms with Crippen LogP contribution in [0, 0.1) is 17.0 Å². The molecule has 0 spiro atoms. The van der Waals surface area contributed by atoms with Crippen molar-refractivity contribution in [2.75, 3.05) is 0 Å². The van der Waals surface area contributed by atoms with E-state index in [1.807, 2.05) is 0 Å².